The number of carbonyl (C=O) groups excluding carboxylic acids is 4. The Kier molecular flexibility index (Phi) is 69.1. The number of allylic oxidation sites excluding steroid dienone is 21. The monoisotopic (exact) mass is 1440 g/mol. The molecule has 0 saturated carbocycles. The first kappa shape index (κ1) is 95.2. The van der Waals surface area contributed by atoms with Gasteiger partial charge in [-0.2, -0.15) is 0 Å². The van der Waals surface area contributed by atoms with E-state index in [-0.39, 0.29) is 25.7 Å². The van der Waals surface area contributed by atoms with Crippen LogP contribution in [0.2, 0.25) is 0 Å². The van der Waals surface area contributed by atoms with Crippen molar-refractivity contribution in [3.05, 3.63) is 134 Å². The number of aliphatic hydroxyl groups excluding tert-OH is 1. The fraction of sp³-hybridized carbons (Fsp3) is 0.679. The number of hydrogen-bond donors (Lipinski definition) is 3. The summed E-state index contributed by atoms with van der Waals surface area (Å²) in [6.07, 6.45) is 80.5. The van der Waals surface area contributed by atoms with Crippen molar-refractivity contribution in [2.45, 2.75) is 316 Å². The number of rotatable bonds is 71. The fourth-order valence-electron chi connectivity index (χ4n) is 9.80. The van der Waals surface area contributed by atoms with E-state index >= 15 is 0 Å². The van der Waals surface area contributed by atoms with Gasteiger partial charge in [0.15, 0.2) is 12.2 Å². The van der Waals surface area contributed by atoms with Crippen LogP contribution in [0.5, 0.6) is 0 Å². The molecule has 0 heterocycles. The summed E-state index contributed by atoms with van der Waals surface area (Å²) in [5.41, 5.74) is 0. The van der Waals surface area contributed by atoms with E-state index in [0.717, 1.165) is 141 Å². The molecule has 0 aromatic heterocycles. The second-order valence-electron chi connectivity index (χ2n) is 25.2. The first-order valence-corrected chi connectivity index (χ1v) is 41.4. The molecule has 0 spiro atoms. The van der Waals surface area contributed by atoms with Gasteiger partial charge in [-0.15, -0.1) is 0 Å². The number of phosphoric acid groups is 2. The Labute approximate surface area is 605 Å². The zero-order valence-corrected chi connectivity index (χ0v) is 64.1. The van der Waals surface area contributed by atoms with Gasteiger partial charge in [-0.3, -0.25) is 37.3 Å². The summed E-state index contributed by atoms with van der Waals surface area (Å²) in [6, 6.07) is 0. The predicted octanol–water partition coefficient (Wildman–Crippen LogP) is 22.1. The smallest absolute Gasteiger partial charge is 0.462 e. The minimum absolute atomic E-state index is 0.0621. The minimum atomic E-state index is -5.00. The third-order valence-corrected chi connectivity index (χ3v) is 17.5. The van der Waals surface area contributed by atoms with E-state index in [2.05, 4.69) is 137 Å². The van der Waals surface area contributed by atoms with Gasteiger partial charge in [0.1, 0.15) is 19.3 Å². The van der Waals surface area contributed by atoms with Gasteiger partial charge in [-0.25, -0.2) is 9.13 Å². The Balaban J connectivity index is 5.47. The van der Waals surface area contributed by atoms with Crippen molar-refractivity contribution in [1.82, 2.24) is 0 Å². The lowest BCUT2D eigenvalue weighted by Gasteiger charge is -2.21. The van der Waals surface area contributed by atoms with Crippen molar-refractivity contribution in [1.29, 1.82) is 0 Å². The molecule has 5 atom stereocenters. The van der Waals surface area contributed by atoms with Gasteiger partial charge in [-0.05, 0) is 141 Å². The highest BCUT2D eigenvalue weighted by molar-refractivity contribution is 7.47. The number of hydrogen-bond acceptors (Lipinski definition) is 15. The quantitative estimate of drug-likeness (QED) is 0.0169. The third kappa shape index (κ3) is 71.6. The molecule has 100 heavy (non-hydrogen) atoms. The van der Waals surface area contributed by atoms with Crippen LogP contribution in [-0.2, 0) is 65.4 Å². The maximum absolute atomic E-state index is 13.1. The Morgan fingerprint density at radius 1 is 0.300 bits per heavy atom. The molecule has 3 N–H and O–H groups in total. The number of aliphatic hydroxyl groups is 1. The second kappa shape index (κ2) is 72.5. The Bertz CT molecular complexity index is 2420. The molecule has 0 bridgehead atoms. The van der Waals surface area contributed by atoms with E-state index in [9.17, 15) is 43.2 Å². The first-order valence-electron chi connectivity index (χ1n) is 38.4. The van der Waals surface area contributed by atoms with Gasteiger partial charge in [0.2, 0.25) is 0 Å². The summed E-state index contributed by atoms with van der Waals surface area (Å²) in [7, 11) is -10.00. The van der Waals surface area contributed by atoms with Crippen molar-refractivity contribution in [3.8, 4) is 0 Å². The molecular weight excluding hydrogens is 1310 g/mol. The van der Waals surface area contributed by atoms with Crippen molar-refractivity contribution >= 4 is 39.5 Å². The van der Waals surface area contributed by atoms with Crippen LogP contribution in [0.25, 0.3) is 0 Å². The molecule has 19 heteroatoms. The van der Waals surface area contributed by atoms with Crippen LogP contribution in [0.15, 0.2) is 134 Å². The van der Waals surface area contributed by atoms with E-state index < -0.39 is 97.5 Å². The Morgan fingerprint density at radius 3 is 0.920 bits per heavy atom. The summed E-state index contributed by atoms with van der Waals surface area (Å²) >= 11 is 0. The zero-order chi connectivity index (χ0) is 73.2. The maximum atomic E-state index is 13.1. The molecule has 0 saturated heterocycles. The van der Waals surface area contributed by atoms with Gasteiger partial charge in [0.05, 0.1) is 32.8 Å². The van der Waals surface area contributed by atoms with E-state index in [4.69, 9.17) is 37.0 Å². The molecule has 5 unspecified atom stereocenters. The van der Waals surface area contributed by atoms with Crippen LogP contribution in [0, 0.1) is 0 Å². The largest absolute Gasteiger partial charge is 0.472 e. The normalized spacial score (nSPS) is 14.7. The number of esters is 4. The summed E-state index contributed by atoms with van der Waals surface area (Å²) in [5, 5.41) is 10.6. The standard InChI is InChI=1S/C81H136O17P2/c1-5-9-13-17-21-25-29-33-37-41-45-49-53-57-61-65-78(83)91-71-76(97-80(85)67-63-59-55-51-47-43-39-35-31-27-23-19-15-11-7-3)73-95-99(87,88)93-69-75(82)70-94-100(89,90)96-74-77(98-81(86)68-64-60-56-52-48-44-40-36-32-28-24-20-16-12-8-4)72-92-79(84)66-62-58-54-50-46-42-38-34-30-26-22-18-14-10-6-2/h9-10,13-14,21-22,25-26,33-40,45-46,49-50,57,61,75-77,82H,5-8,11-12,15-20,23-24,27-32,41-44,47-48,51-56,58-60,62-74H2,1-4H3,(H,87,88)(H,89,90)/b13-9-,14-10-,25-21-,26-22-,37-33-,38-34-,39-35-,40-36-,49-45-,50-46-,61-57-. The van der Waals surface area contributed by atoms with Gasteiger partial charge in [-0.1, -0.05) is 264 Å². The molecule has 0 rings (SSSR count). The van der Waals surface area contributed by atoms with Crippen molar-refractivity contribution < 1.29 is 80.2 Å². The van der Waals surface area contributed by atoms with E-state index in [1.165, 1.54) is 77.0 Å². The summed E-state index contributed by atoms with van der Waals surface area (Å²) in [5.74, 6) is -2.39. The topological polar surface area (TPSA) is 237 Å². The zero-order valence-electron chi connectivity index (χ0n) is 62.3. The average Bonchev–Trinajstić information content (AvgIpc) is 1.01. The molecular formula is C81H136O17P2. The van der Waals surface area contributed by atoms with Gasteiger partial charge >= 0.3 is 39.5 Å². The maximum Gasteiger partial charge on any atom is 0.472 e. The lowest BCUT2D eigenvalue weighted by molar-refractivity contribution is -0.161. The minimum Gasteiger partial charge on any atom is -0.462 e. The number of phosphoric ester groups is 2. The van der Waals surface area contributed by atoms with Crippen molar-refractivity contribution in [2.75, 3.05) is 39.6 Å². The highest BCUT2D eigenvalue weighted by Crippen LogP contribution is 2.45. The Hall–Kier alpha value is -4.80. The van der Waals surface area contributed by atoms with Crippen molar-refractivity contribution in [3.63, 3.8) is 0 Å². The number of unbranched alkanes of at least 4 members (excludes halogenated alkanes) is 24. The van der Waals surface area contributed by atoms with Gasteiger partial charge < -0.3 is 33.8 Å². The number of carbonyl (C=O) groups is 4. The lowest BCUT2D eigenvalue weighted by atomic mass is 10.1. The predicted molar refractivity (Wildman–Crippen MR) is 408 cm³/mol. The molecule has 17 nitrogen and oxygen atoms in total. The molecule has 0 aliphatic rings. The molecule has 0 amide bonds. The fourth-order valence-corrected chi connectivity index (χ4v) is 11.4. The second-order valence-corrected chi connectivity index (χ2v) is 28.1. The first-order chi connectivity index (χ1) is 48.7. The summed E-state index contributed by atoms with van der Waals surface area (Å²) < 4.78 is 68.3. The SMILES string of the molecule is CC/C=C\C/C=C\C/C=C\C/C=C\C/C=C\CC(=O)OCC(COP(=O)(O)OCC(O)COP(=O)(O)OCC(COC(=O)CCCC/C=C\C/C=C\C/C=C\C/C=C\CC)OC(=O)CCCCCCC/C=C\CCCCCCCC)OC(=O)CCCCCCC/C=C\CCCCCCCC. The van der Waals surface area contributed by atoms with Crippen LogP contribution in [0.3, 0.4) is 0 Å². The van der Waals surface area contributed by atoms with E-state index in [1.54, 1.807) is 6.08 Å². The third-order valence-electron chi connectivity index (χ3n) is 15.6. The van der Waals surface area contributed by atoms with Crippen LogP contribution in [0.4, 0.5) is 0 Å². The highest BCUT2D eigenvalue weighted by atomic mass is 31.2. The Morgan fingerprint density at radius 2 is 0.560 bits per heavy atom. The lowest BCUT2D eigenvalue weighted by Crippen LogP contribution is -2.30. The van der Waals surface area contributed by atoms with Gasteiger partial charge in [0.25, 0.3) is 0 Å². The highest BCUT2D eigenvalue weighted by Gasteiger charge is 2.30. The summed E-state index contributed by atoms with van der Waals surface area (Å²) in [4.78, 5) is 72.8. The van der Waals surface area contributed by atoms with Crippen LogP contribution < -0.4 is 0 Å². The van der Waals surface area contributed by atoms with E-state index in [0.29, 0.717) is 25.7 Å². The average molecular weight is 1440 g/mol. The molecule has 0 fully saturated rings. The van der Waals surface area contributed by atoms with Crippen LogP contribution in [0.1, 0.15) is 297 Å². The molecule has 0 radical (unpaired) electrons. The summed E-state index contributed by atoms with van der Waals surface area (Å²) in [6.45, 7) is 4.45. The van der Waals surface area contributed by atoms with Gasteiger partial charge in [0, 0.05) is 19.3 Å². The van der Waals surface area contributed by atoms with E-state index in [1.807, 2.05) is 18.2 Å². The molecule has 0 aromatic carbocycles. The number of ether oxygens (including phenoxy) is 4. The van der Waals surface area contributed by atoms with Crippen LogP contribution >= 0.6 is 15.6 Å². The molecule has 572 valence electrons. The molecule has 0 aliphatic carbocycles. The molecule has 0 aromatic rings. The molecule has 0 aliphatic heterocycles. The van der Waals surface area contributed by atoms with Crippen LogP contribution in [-0.4, -0.2) is 96.7 Å². The van der Waals surface area contributed by atoms with Crippen molar-refractivity contribution in [2.24, 2.45) is 0 Å².